The zero-order chi connectivity index (χ0) is 37.1. The Morgan fingerprint density at radius 2 is 1.48 bits per heavy atom. The molecule has 6 heteroatoms. The number of carbonyl (C=O) groups is 2. The van der Waals surface area contributed by atoms with Gasteiger partial charge >= 0.3 is 0 Å². The van der Waals surface area contributed by atoms with Crippen LogP contribution < -0.4 is 10.6 Å². The molecule has 0 aromatic heterocycles. The van der Waals surface area contributed by atoms with Crippen LogP contribution >= 0.6 is 0 Å². The molecule has 2 amide bonds. The summed E-state index contributed by atoms with van der Waals surface area (Å²) < 4.78 is 0. The first kappa shape index (κ1) is 37.2. The van der Waals surface area contributed by atoms with Gasteiger partial charge in [-0.25, -0.2) is 0 Å². The molecule has 0 saturated heterocycles. The lowest BCUT2D eigenvalue weighted by Gasteiger charge is -2.69. The summed E-state index contributed by atoms with van der Waals surface area (Å²) in [5.74, 6) is 3.56. The van der Waals surface area contributed by atoms with Crippen molar-refractivity contribution in [2.75, 3.05) is 13.1 Å². The van der Waals surface area contributed by atoms with Crippen molar-refractivity contribution < 1.29 is 19.8 Å². The van der Waals surface area contributed by atoms with Crippen LogP contribution in [0, 0.1) is 57.2 Å². The largest absolute Gasteiger partial charge is 0.508 e. The molecule has 10 unspecified atom stereocenters. The van der Waals surface area contributed by atoms with Gasteiger partial charge in [0.1, 0.15) is 5.75 Å². The number of phenols is 1. The SMILES string of the molecule is C=C(C)C1CCC2(C(=O)NCCc3cccc(C(=O)NCCc4ccc(O)cc4)c3)CCC3C(CCC4C3(C)CCC3C(C)(C)C(O)CCC34C)C12. The van der Waals surface area contributed by atoms with E-state index < -0.39 is 0 Å². The van der Waals surface area contributed by atoms with Crippen molar-refractivity contribution in [1.29, 1.82) is 0 Å². The van der Waals surface area contributed by atoms with Gasteiger partial charge in [-0.3, -0.25) is 9.59 Å². The summed E-state index contributed by atoms with van der Waals surface area (Å²) >= 11 is 0. The molecule has 2 aromatic rings. The van der Waals surface area contributed by atoms with E-state index >= 15 is 0 Å². The Morgan fingerprint density at radius 1 is 0.788 bits per heavy atom. The van der Waals surface area contributed by atoms with Crippen molar-refractivity contribution in [2.24, 2.45) is 57.2 Å². The molecule has 7 rings (SSSR count). The number of nitrogens with one attached hydrogen (secondary N) is 2. The Balaban J connectivity index is 1.01. The monoisotopic (exact) mass is 708 g/mol. The highest BCUT2D eigenvalue weighted by atomic mass is 16.3. The second kappa shape index (κ2) is 13.9. The summed E-state index contributed by atoms with van der Waals surface area (Å²) in [6.45, 7) is 17.7. The summed E-state index contributed by atoms with van der Waals surface area (Å²) in [4.78, 5) is 27.5. The molecule has 2 aromatic carbocycles. The maximum atomic E-state index is 14.5. The van der Waals surface area contributed by atoms with Gasteiger partial charge in [-0.15, -0.1) is 0 Å². The molecule has 282 valence electrons. The van der Waals surface area contributed by atoms with Gasteiger partial charge in [0.15, 0.2) is 0 Å². The predicted octanol–water partition coefficient (Wildman–Crippen LogP) is 8.65. The molecule has 0 spiro atoms. The van der Waals surface area contributed by atoms with Crippen molar-refractivity contribution in [3.63, 3.8) is 0 Å². The Bertz CT molecular complexity index is 1670. The van der Waals surface area contributed by atoms with E-state index in [1.165, 1.54) is 31.3 Å². The average Bonchev–Trinajstić information content (AvgIpc) is 3.53. The lowest BCUT2D eigenvalue weighted by atomic mass is 9.36. The fourth-order valence-electron chi connectivity index (χ4n) is 13.6. The fourth-order valence-corrected chi connectivity index (χ4v) is 13.6. The number of amides is 2. The molecule has 4 N–H and O–H groups in total. The number of hydrogen-bond donors (Lipinski definition) is 4. The van der Waals surface area contributed by atoms with Gasteiger partial charge in [0.05, 0.1) is 11.5 Å². The van der Waals surface area contributed by atoms with E-state index in [4.69, 9.17) is 0 Å². The normalized spacial score (nSPS) is 37.5. The van der Waals surface area contributed by atoms with Gasteiger partial charge in [0, 0.05) is 18.7 Å². The van der Waals surface area contributed by atoms with Crippen LogP contribution in [0.5, 0.6) is 5.75 Å². The minimum atomic E-state index is -0.328. The maximum absolute atomic E-state index is 14.5. The number of rotatable bonds is 9. The third-order valence-electron chi connectivity index (χ3n) is 16.2. The molecular formula is C46H64N2O4. The van der Waals surface area contributed by atoms with Crippen LogP contribution in [-0.2, 0) is 17.6 Å². The van der Waals surface area contributed by atoms with E-state index in [0.29, 0.717) is 67.0 Å². The van der Waals surface area contributed by atoms with Gasteiger partial charge in [-0.1, -0.05) is 64.1 Å². The summed E-state index contributed by atoms with van der Waals surface area (Å²) in [7, 11) is 0. The van der Waals surface area contributed by atoms with Crippen LogP contribution in [0.1, 0.15) is 120 Å². The van der Waals surface area contributed by atoms with Crippen molar-refractivity contribution >= 4 is 11.8 Å². The zero-order valence-corrected chi connectivity index (χ0v) is 32.5. The lowest BCUT2D eigenvalue weighted by Crippen LogP contribution is -2.64. The molecule has 5 fully saturated rings. The highest BCUT2D eigenvalue weighted by Crippen LogP contribution is 2.73. The number of aliphatic hydroxyl groups excluding tert-OH is 1. The molecule has 0 bridgehead atoms. The van der Waals surface area contributed by atoms with Crippen molar-refractivity contribution in [3.05, 3.63) is 77.4 Å². The Morgan fingerprint density at radius 3 is 2.23 bits per heavy atom. The topological polar surface area (TPSA) is 98.7 Å². The van der Waals surface area contributed by atoms with Gasteiger partial charge in [-0.2, -0.15) is 0 Å². The molecule has 0 heterocycles. The molecule has 5 aliphatic rings. The highest BCUT2D eigenvalue weighted by molar-refractivity contribution is 5.94. The number of benzene rings is 2. The summed E-state index contributed by atoms with van der Waals surface area (Å²) in [5.41, 5.74) is 4.17. The predicted molar refractivity (Wildman–Crippen MR) is 208 cm³/mol. The van der Waals surface area contributed by atoms with E-state index in [1.54, 1.807) is 12.1 Å². The zero-order valence-electron chi connectivity index (χ0n) is 32.5. The van der Waals surface area contributed by atoms with E-state index in [9.17, 15) is 19.8 Å². The average molecular weight is 709 g/mol. The first-order valence-electron chi connectivity index (χ1n) is 20.5. The van der Waals surface area contributed by atoms with Crippen molar-refractivity contribution in [1.82, 2.24) is 10.6 Å². The summed E-state index contributed by atoms with van der Waals surface area (Å²) in [6, 6.07) is 14.8. The molecule has 5 aliphatic carbocycles. The van der Waals surface area contributed by atoms with Crippen LogP contribution in [0.15, 0.2) is 60.7 Å². The number of aliphatic hydroxyl groups is 1. The molecular weight excluding hydrogens is 645 g/mol. The third-order valence-corrected chi connectivity index (χ3v) is 16.2. The number of carbonyl (C=O) groups excluding carboxylic acids is 2. The molecule has 5 saturated carbocycles. The van der Waals surface area contributed by atoms with E-state index in [-0.39, 0.29) is 45.3 Å². The minimum absolute atomic E-state index is 0.0370. The van der Waals surface area contributed by atoms with E-state index in [2.05, 4.69) is 51.8 Å². The van der Waals surface area contributed by atoms with Crippen LogP contribution in [-0.4, -0.2) is 41.2 Å². The highest BCUT2D eigenvalue weighted by Gasteiger charge is 2.68. The quantitative estimate of drug-likeness (QED) is 0.196. The number of phenolic OH excluding ortho intramolecular Hbond substituents is 1. The molecule has 10 atom stereocenters. The number of aromatic hydroxyl groups is 1. The second-order valence-corrected chi connectivity index (χ2v) is 19.0. The standard InChI is InChI=1S/C46H64N2O4/c1-29(2)34-16-24-46(42(52)48-27-21-31-8-7-9-32(28-31)41(51)47-26-20-30-10-12-33(49)13-11-30)25-17-36-35(40(34)46)14-15-38-44(36,5)22-18-37-43(3,4)39(50)19-23-45(37,38)6/h7-13,28,34-40,49-50H,1,14-27H2,2-6H3,(H,47,51)(H,48,52). The number of fused-ring (bicyclic) bond motifs is 7. The Kier molecular flexibility index (Phi) is 9.97. The molecule has 0 aliphatic heterocycles. The summed E-state index contributed by atoms with van der Waals surface area (Å²) in [6.07, 6.45) is 12.3. The van der Waals surface area contributed by atoms with Crippen LogP contribution in [0.25, 0.3) is 0 Å². The third kappa shape index (κ3) is 6.23. The summed E-state index contributed by atoms with van der Waals surface area (Å²) in [5, 5.41) is 27.0. The van der Waals surface area contributed by atoms with Crippen molar-refractivity contribution in [2.45, 2.75) is 118 Å². The maximum Gasteiger partial charge on any atom is 0.251 e. The van der Waals surface area contributed by atoms with Crippen LogP contribution in [0.2, 0.25) is 0 Å². The minimum Gasteiger partial charge on any atom is -0.508 e. The van der Waals surface area contributed by atoms with E-state index in [1.807, 2.05) is 36.4 Å². The molecule has 52 heavy (non-hydrogen) atoms. The lowest BCUT2D eigenvalue weighted by molar-refractivity contribution is -0.216. The number of allylic oxidation sites excluding steroid dienone is 1. The Hall–Kier alpha value is -3.12. The van der Waals surface area contributed by atoms with Gasteiger partial charge in [-0.05, 0) is 171 Å². The van der Waals surface area contributed by atoms with E-state index in [0.717, 1.165) is 49.7 Å². The fraction of sp³-hybridized carbons (Fsp3) is 0.652. The van der Waals surface area contributed by atoms with Gasteiger partial charge in [0.2, 0.25) is 5.91 Å². The Labute approximate surface area is 312 Å². The smallest absolute Gasteiger partial charge is 0.251 e. The first-order chi connectivity index (χ1) is 24.7. The van der Waals surface area contributed by atoms with Crippen LogP contribution in [0.3, 0.4) is 0 Å². The molecule has 6 nitrogen and oxygen atoms in total. The first-order valence-corrected chi connectivity index (χ1v) is 20.5. The van der Waals surface area contributed by atoms with Gasteiger partial charge in [0.25, 0.3) is 5.91 Å². The van der Waals surface area contributed by atoms with Crippen molar-refractivity contribution in [3.8, 4) is 5.75 Å². The number of hydrogen-bond acceptors (Lipinski definition) is 4. The molecule has 0 radical (unpaired) electrons. The second-order valence-electron chi connectivity index (χ2n) is 19.0. The van der Waals surface area contributed by atoms with Gasteiger partial charge < -0.3 is 20.8 Å². The van der Waals surface area contributed by atoms with Crippen LogP contribution in [0.4, 0.5) is 0 Å².